The maximum absolute atomic E-state index is 13.2. The highest BCUT2D eigenvalue weighted by Gasteiger charge is 2.12. The molecule has 2 heterocycles. The number of carbonyl (C=O) groups excluding carboxylic acids is 1. The van der Waals surface area contributed by atoms with Crippen LogP contribution in [0.25, 0.3) is 16.9 Å². The first kappa shape index (κ1) is 19.1. The standard InChI is InChI=1S/C21H18FN5OS/c1-2-14-3-9-17(10-4-14)23-20(28)13-29-21-25-24-19-12-11-18(26-27(19)21)15-5-7-16(22)8-6-15/h3-12H,2,13H2,1H3,(H,23,28). The number of rotatable bonds is 6. The van der Waals surface area contributed by atoms with Gasteiger partial charge in [0.05, 0.1) is 11.4 Å². The molecule has 0 unspecified atom stereocenters. The number of hydrogen-bond donors (Lipinski definition) is 1. The van der Waals surface area contributed by atoms with Crippen molar-refractivity contribution in [3.8, 4) is 11.3 Å². The zero-order valence-electron chi connectivity index (χ0n) is 15.7. The third-order valence-corrected chi connectivity index (χ3v) is 5.27. The van der Waals surface area contributed by atoms with Crippen LogP contribution in [0, 0.1) is 5.82 Å². The molecule has 29 heavy (non-hydrogen) atoms. The predicted molar refractivity (Wildman–Crippen MR) is 111 cm³/mol. The first-order valence-electron chi connectivity index (χ1n) is 9.12. The van der Waals surface area contributed by atoms with E-state index in [2.05, 4.69) is 27.5 Å². The summed E-state index contributed by atoms with van der Waals surface area (Å²) in [5, 5.41) is 16.1. The molecule has 0 aliphatic carbocycles. The third kappa shape index (κ3) is 4.43. The van der Waals surface area contributed by atoms with E-state index in [4.69, 9.17) is 0 Å². The van der Waals surface area contributed by atoms with Gasteiger partial charge in [-0.3, -0.25) is 4.79 Å². The molecule has 2 aromatic heterocycles. The smallest absolute Gasteiger partial charge is 0.234 e. The van der Waals surface area contributed by atoms with Crippen LogP contribution < -0.4 is 5.32 Å². The highest BCUT2D eigenvalue weighted by Crippen LogP contribution is 2.21. The third-order valence-electron chi connectivity index (χ3n) is 4.35. The van der Waals surface area contributed by atoms with Gasteiger partial charge in [0.2, 0.25) is 11.1 Å². The van der Waals surface area contributed by atoms with Crippen molar-refractivity contribution < 1.29 is 9.18 Å². The Balaban J connectivity index is 1.46. The molecule has 0 aliphatic heterocycles. The SMILES string of the molecule is CCc1ccc(NC(=O)CSc2nnc3ccc(-c4ccc(F)cc4)nn23)cc1. The first-order chi connectivity index (χ1) is 14.1. The van der Waals surface area contributed by atoms with Crippen LogP contribution in [0.5, 0.6) is 0 Å². The van der Waals surface area contributed by atoms with Gasteiger partial charge < -0.3 is 5.32 Å². The minimum absolute atomic E-state index is 0.134. The molecule has 6 nitrogen and oxygen atoms in total. The normalized spacial score (nSPS) is 11.0. The summed E-state index contributed by atoms with van der Waals surface area (Å²) in [7, 11) is 0. The average molecular weight is 407 g/mol. The Bertz CT molecular complexity index is 1140. The number of nitrogens with one attached hydrogen (secondary N) is 1. The van der Waals surface area contributed by atoms with Crippen molar-refractivity contribution in [2.24, 2.45) is 0 Å². The Hall–Kier alpha value is -3.26. The largest absolute Gasteiger partial charge is 0.325 e. The van der Waals surface area contributed by atoms with Gasteiger partial charge in [0.15, 0.2) is 5.65 Å². The molecule has 0 saturated carbocycles. The monoisotopic (exact) mass is 407 g/mol. The Morgan fingerprint density at radius 1 is 1.03 bits per heavy atom. The van der Waals surface area contributed by atoms with Crippen LogP contribution in [0.2, 0.25) is 0 Å². The molecule has 1 amide bonds. The number of nitrogens with zero attached hydrogens (tertiary/aromatic N) is 4. The number of amides is 1. The van der Waals surface area contributed by atoms with Crippen molar-refractivity contribution in [3.63, 3.8) is 0 Å². The van der Waals surface area contributed by atoms with Crippen molar-refractivity contribution >= 4 is 29.0 Å². The second kappa shape index (κ2) is 8.40. The molecule has 0 atom stereocenters. The quantitative estimate of drug-likeness (QED) is 0.485. The Kier molecular flexibility index (Phi) is 5.53. The van der Waals surface area contributed by atoms with E-state index in [9.17, 15) is 9.18 Å². The van der Waals surface area contributed by atoms with Crippen LogP contribution >= 0.6 is 11.8 Å². The molecular weight excluding hydrogens is 389 g/mol. The fourth-order valence-corrected chi connectivity index (χ4v) is 3.47. The molecule has 8 heteroatoms. The molecule has 2 aromatic carbocycles. The maximum Gasteiger partial charge on any atom is 0.234 e. The number of thioether (sulfide) groups is 1. The number of aryl methyl sites for hydroxylation is 1. The predicted octanol–water partition coefficient (Wildman–Crippen LogP) is 4.22. The first-order valence-corrected chi connectivity index (χ1v) is 10.1. The van der Waals surface area contributed by atoms with Crippen LogP contribution in [-0.2, 0) is 11.2 Å². The molecular formula is C21H18FN5OS. The van der Waals surface area contributed by atoms with Gasteiger partial charge in [-0.2, -0.15) is 9.61 Å². The van der Waals surface area contributed by atoms with Gasteiger partial charge in [-0.05, 0) is 60.5 Å². The number of carbonyl (C=O) groups is 1. The zero-order chi connectivity index (χ0) is 20.2. The van der Waals surface area contributed by atoms with Crippen LogP contribution in [0.3, 0.4) is 0 Å². The summed E-state index contributed by atoms with van der Waals surface area (Å²) < 4.78 is 14.7. The number of benzene rings is 2. The lowest BCUT2D eigenvalue weighted by atomic mass is 10.1. The topological polar surface area (TPSA) is 72.2 Å². The minimum atomic E-state index is -0.300. The van der Waals surface area contributed by atoms with Crippen molar-refractivity contribution in [1.29, 1.82) is 0 Å². The Labute approximate surface area is 171 Å². The molecule has 0 saturated heterocycles. The van der Waals surface area contributed by atoms with Gasteiger partial charge in [0, 0.05) is 11.3 Å². The number of halogens is 1. The van der Waals surface area contributed by atoms with Crippen molar-refractivity contribution in [3.05, 3.63) is 72.0 Å². The lowest BCUT2D eigenvalue weighted by molar-refractivity contribution is -0.113. The van der Waals surface area contributed by atoms with Crippen LogP contribution in [0.15, 0.2) is 65.8 Å². The Morgan fingerprint density at radius 3 is 2.52 bits per heavy atom. The van der Waals surface area contributed by atoms with Crippen LogP contribution in [-0.4, -0.2) is 31.5 Å². The highest BCUT2D eigenvalue weighted by molar-refractivity contribution is 7.99. The van der Waals surface area contributed by atoms with Gasteiger partial charge in [-0.1, -0.05) is 30.8 Å². The van der Waals surface area contributed by atoms with E-state index in [1.807, 2.05) is 24.3 Å². The maximum atomic E-state index is 13.2. The van der Waals surface area contributed by atoms with Gasteiger partial charge in [0.25, 0.3) is 0 Å². The summed E-state index contributed by atoms with van der Waals surface area (Å²) in [6.07, 6.45) is 0.955. The lowest BCUT2D eigenvalue weighted by Crippen LogP contribution is -2.14. The molecule has 4 aromatic rings. The zero-order valence-corrected chi connectivity index (χ0v) is 16.5. The van der Waals surface area contributed by atoms with E-state index in [0.717, 1.165) is 17.7 Å². The molecule has 4 rings (SSSR count). The van der Waals surface area contributed by atoms with E-state index in [-0.39, 0.29) is 17.5 Å². The molecule has 0 fully saturated rings. The van der Waals surface area contributed by atoms with Crippen molar-refractivity contribution in [2.75, 3.05) is 11.1 Å². The average Bonchev–Trinajstić information content (AvgIpc) is 3.15. The Morgan fingerprint density at radius 2 is 1.79 bits per heavy atom. The fourth-order valence-electron chi connectivity index (χ4n) is 2.78. The number of fused-ring (bicyclic) bond motifs is 1. The van der Waals surface area contributed by atoms with E-state index in [1.165, 1.54) is 29.5 Å². The van der Waals surface area contributed by atoms with E-state index in [0.29, 0.717) is 16.5 Å². The van der Waals surface area contributed by atoms with E-state index >= 15 is 0 Å². The van der Waals surface area contributed by atoms with Crippen molar-refractivity contribution in [2.45, 2.75) is 18.5 Å². The number of aromatic nitrogens is 4. The molecule has 0 spiro atoms. The summed E-state index contributed by atoms with van der Waals surface area (Å²) in [5.41, 5.74) is 4.01. The van der Waals surface area contributed by atoms with Crippen molar-refractivity contribution in [1.82, 2.24) is 19.8 Å². The molecule has 0 radical (unpaired) electrons. The molecule has 146 valence electrons. The van der Waals surface area contributed by atoms with Gasteiger partial charge in [-0.15, -0.1) is 10.2 Å². The lowest BCUT2D eigenvalue weighted by Gasteiger charge is -2.06. The number of hydrogen-bond acceptors (Lipinski definition) is 5. The summed E-state index contributed by atoms with van der Waals surface area (Å²) in [5.74, 6) is -0.255. The van der Waals surface area contributed by atoms with Crippen LogP contribution in [0.1, 0.15) is 12.5 Å². The second-order valence-corrected chi connectivity index (χ2v) is 7.31. The summed E-state index contributed by atoms with van der Waals surface area (Å²) in [6, 6.07) is 17.5. The minimum Gasteiger partial charge on any atom is -0.325 e. The fraction of sp³-hybridized carbons (Fsp3) is 0.143. The van der Waals surface area contributed by atoms with E-state index < -0.39 is 0 Å². The number of anilines is 1. The molecule has 0 bridgehead atoms. The molecule has 0 aliphatic rings. The summed E-state index contributed by atoms with van der Waals surface area (Å²) in [6.45, 7) is 2.09. The summed E-state index contributed by atoms with van der Waals surface area (Å²) in [4.78, 5) is 12.3. The van der Waals surface area contributed by atoms with Gasteiger partial charge in [0.1, 0.15) is 5.82 Å². The van der Waals surface area contributed by atoms with Gasteiger partial charge >= 0.3 is 0 Å². The highest BCUT2D eigenvalue weighted by atomic mass is 32.2. The van der Waals surface area contributed by atoms with E-state index in [1.54, 1.807) is 28.8 Å². The van der Waals surface area contributed by atoms with Crippen LogP contribution in [0.4, 0.5) is 10.1 Å². The summed E-state index contributed by atoms with van der Waals surface area (Å²) >= 11 is 1.25. The van der Waals surface area contributed by atoms with Gasteiger partial charge in [-0.25, -0.2) is 4.39 Å². The molecule has 1 N–H and O–H groups in total. The second-order valence-electron chi connectivity index (χ2n) is 6.37.